The molecule has 2 N–H and O–H groups in total. The molecule has 136 valence electrons. The van der Waals surface area contributed by atoms with E-state index in [1.807, 2.05) is 0 Å². The molecule has 1 aromatic carbocycles. The first kappa shape index (κ1) is 17.7. The zero-order chi connectivity index (χ0) is 18.4. The first-order chi connectivity index (χ1) is 11.6. The van der Waals surface area contributed by atoms with Gasteiger partial charge in [-0.15, -0.1) is 0 Å². The second kappa shape index (κ2) is 5.98. The molecule has 0 bridgehead atoms. The molecular weight excluding hydrogens is 342 g/mol. The number of benzene rings is 1. The standard InChI is InChI=1S/C16H17F4N3O2/c1-23-12-3-2-10(16(18,19)20)4-11(12)22-13(23)7-21-8-15(17)5-9(6-15)14(24)25/h2-4,9,21H,5-8H2,1H3,(H,24,25). The SMILES string of the molecule is Cn1c(CNCC2(F)CC(C(=O)O)C2)nc2cc(C(F)(F)F)ccc21. The van der Waals surface area contributed by atoms with Crippen LogP contribution in [0.1, 0.15) is 24.2 Å². The van der Waals surface area contributed by atoms with E-state index in [-0.39, 0.29) is 31.4 Å². The van der Waals surface area contributed by atoms with Gasteiger partial charge in [0.2, 0.25) is 0 Å². The molecular formula is C16H17F4N3O2. The second-order valence-electron chi connectivity index (χ2n) is 6.49. The van der Waals surface area contributed by atoms with Crippen LogP contribution in [-0.4, -0.2) is 32.8 Å². The molecule has 1 fully saturated rings. The molecule has 1 saturated carbocycles. The highest BCUT2D eigenvalue weighted by Crippen LogP contribution is 2.40. The third kappa shape index (κ3) is 3.46. The minimum absolute atomic E-state index is 0.0201. The van der Waals surface area contributed by atoms with E-state index in [0.29, 0.717) is 11.3 Å². The van der Waals surface area contributed by atoms with E-state index in [4.69, 9.17) is 5.11 Å². The van der Waals surface area contributed by atoms with Gasteiger partial charge in [0.25, 0.3) is 0 Å². The van der Waals surface area contributed by atoms with E-state index >= 15 is 0 Å². The number of nitrogens with one attached hydrogen (secondary N) is 1. The van der Waals surface area contributed by atoms with Crippen molar-refractivity contribution in [3.05, 3.63) is 29.6 Å². The highest BCUT2D eigenvalue weighted by Gasteiger charge is 2.47. The van der Waals surface area contributed by atoms with Crippen molar-refractivity contribution in [1.82, 2.24) is 14.9 Å². The zero-order valence-electron chi connectivity index (χ0n) is 13.4. The largest absolute Gasteiger partial charge is 0.481 e. The number of alkyl halides is 4. The smallest absolute Gasteiger partial charge is 0.416 e. The van der Waals surface area contributed by atoms with Gasteiger partial charge in [-0.1, -0.05) is 0 Å². The number of aromatic nitrogens is 2. The van der Waals surface area contributed by atoms with Crippen molar-refractivity contribution in [3.63, 3.8) is 0 Å². The van der Waals surface area contributed by atoms with Crippen molar-refractivity contribution in [2.24, 2.45) is 13.0 Å². The van der Waals surface area contributed by atoms with Crippen LogP contribution in [0.4, 0.5) is 17.6 Å². The maximum atomic E-state index is 14.2. The van der Waals surface area contributed by atoms with Gasteiger partial charge in [-0.25, -0.2) is 9.37 Å². The Morgan fingerprint density at radius 1 is 1.44 bits per heavy atom. The number of halogens is 4. The summed E-state index contributed by atoms with van der Waals surface area (Å²) < 4.78 is 54.2. The molecule has 0 spiro atoms. The fourth-order valence-electron chi connectivity index (χ4n) is 3.12. The third-order valence-corrected chi connectivity index (χ3v) is 4.60. The molecule has 1 aliphatic rings. The zero-order valence-corrected chi connectivity index (χ0v) is 13.4. The number of carboxylic acid groups (broad SMARTS) is 1. The summed E-state index contributed by atoms with van der Waals surface area (Å²) in [7, 11) is 1.68. The lowest BCUT2D eigenvalue weighted by Crippen LogP contribution is -2.49. The van der Waals surface area contributed by atoms with Gasteiger partial charge in [0.05, 0.1) is 29.1 Å². The van der Waals surface area contributed by atoms with E-state index in [0.717, 1.165) is 12.1 Å². The first-order valence-electron chi connectivity index (χ1n) is 7.74. The van der Waals surface area contributed by atoms with Gasteiger partial charge in [-0.3, -0.25) is 4.79 Å². The summed E-state index contributed by atoms with van der Waals surface area (Å²) in [6.07, 6.45) is -4.50. The van der Waals surface area contributed by atoms with E-state index in [1.54, 1.807) is 11.6 Å². The van der Waals surface area contributed by atoms with Crippen LogP contribution in [0.25, 0.3) is 11.0 Å². The molecule has 1 aliphatic carbocycles. The van der Waals surface area contributed by atoms with Crippen LogP contribution in [0.3, 0.4) is 0 Å². The fraction of sp³-hybridized carbons (Fsp3) is 0.500. The maximum Gasteiger partial charge on any atom is 0.416 e. The summed E-state index contributed by atoms with van der Waals surface area (Å²) >= 11 is 0. The first-order valence-corrected chi connectivity index (χ1v) is 7.74. The Kier molecular flexibility index (Phi) is 4.22. The summed E-state index contributed by atoms with van der Waals surface area (Å²) in [6, 6.07) is 3.34. The Balaban J connectivity index is 1.66. The van der Waals surface area contributed by atoms with Gasteiger partial charge in [0, 0.05) is 13.6 Å². The number of rotatable bonds is 5. The maximum absolute atomic E-state index is 14.2. The average molecular weight is 359 g/mol. The van der Waals surface area contributed by atoms with Crippen LogP contribution in [0, 0.1) is 5.92 Å². The molecule has 0 atom stereocenters. The lowest BCUT2D eigenvalue weighted by Gasteiger charge is -2.39. The molecule has 1 aromatic heterocycles. The summed E-state index contributed by atoms with van der Waals surface area (Å²) in [5.41, 5.74) is -1.56. The van der Waals surface area contributed by atoms with Crippen molar-refractivity contribution in [1.29, 1.82) is 0 Å². The monoisotopic (exact) mass is 359 g/mol. The number of aliphatic carboxylic acids is 1. The van der Waals surface area contributed by atoms with Crippen LogP contribution in [0.5, 0.6) is 0 Å². The van der Waals surface area contributed by atoms with Crippen LogP contribution < -0.4 is 5.32 Å². The number of aryl methyl sites for hydroxylation is 1. The molecule has 25 heavy (non-hydrogen) atoms. The Morgan fingerprint density at radius 3 is 2.72 bits per heavy atom. The van der Waals surface area contributed by atoms with Crippen LogP contribution in [0.15, 0.2) is 18.2 Å². The molecule has 0 aliphatic heterocycles. The molecule has 3 rings (SSSR count). The predicted octanol–water partition coefficient (Wildman–Crippen LogP) is 2.88. The van der Waals surface area contributed by atoms with E-state index in [9.17, 15) is 22.4 Å². The summed E-state index contributed by atoms with van der Waals surface area (Å²) in [5.74, 6) is -1.17. The molecule has 2 aromatic rings. The summed E-state index contributed by atoms with van der Waals surface area (Å²) in [6.45, 7) is 0.156. The number of hydrogen-bond donors (Lipinski definition) is 2. The third-order valence-electron chi connectivity index (χ3n) is 4.60. The van der Waals surface area contributed by atoms with Crippen molar-refractivity contribution in [2.75, 3.05) is 6.54 Å². The number of carboxylic acids is 1. The van der Waals surface area contributed by atoms with E-state index in [2.05, 4.69) is 10.3 Å². The minimum atomic E-state index is -4.43. The van der Waals surface area contributed by atoms with Gasteiger partial charge in [-0.05, 0) is 31.0 Å². The molecule has 0 unspecified atom stereocenters. The summed E-state index contributed by atoms with van der Waals surface area (Å²) in [5, 5.41) is 11.7. The van der Waals surface area contributed by atoms with Crippen molar-refractivity contribution < 1.29 is 27.5 Å². The lowest BCUT2D eigenvalue weighted by molar-refractivity contribution is -0.151. The Hall–Kier alpha value is -2.16. The Morgan fingerprint density at radius 2 is 2.12 bits per heavy atom. The molecule has 0 radical (unpaired) electrons. The number of fused-ring (bicyclic) bond motifs is 1. The lowest BCUT2D eigenvalue weighted by atomic mass is 9.72. The van der Waals surface area contributed by atoms with Crippen LogP contribution >= 0.6 is 0 Å². The highest BCUT2D eigenvalue weighted by molar-refractivity contribution is 5.77. The second-order valence-corrected chi connectivity index (χ2v) is 6.49. The molecule has 1 heterocycles. The highest BCUT2D eigenvalue weighted by atomic mass is 19.4. The predicted molar refractivity (Wildman–Crippen MR) is 81.6 cm³/mol. The van der Waals surface area contributed by atoms with Crippen LogP contribution in [0.2, 0.25) is 0 Å². The van der Waals surface area contributed by atoms with Gasteiger partial charge in [0.1, 0.15) is 11.5 Å². The fourth-order valence-corrected chi connectivity index (χ4v) is 3.12. The van der Waals surface area contributed by atoms with Gasteiger partial charge >= 0.3 is 12.1 Å². The number of nitrogens with zero attached hydrogens (tertiary/aromatic N) is 2. The van der Waals surface area contributed by atoms with E-state index in [1.165, 1.54) is 6.07 Å². The number of hydrogen-bond acceptors (Lipinski definition) is 3. The summed E-state index contributed by atoms with van der Waals surface area (Å²) in [4.78, 5) is 14.9. The number of imidazole rings is 1. The van der Waals surface area contributed by atoms with Crippen molar-refractivity contribution in [3.8, 4) is 0 Å². The Labute approximate surface area is 140 Å². The molecule has 5 nitrogen and oxygen atoms in total. The Bertz CT molecular complexity index is 810. The van der Waals surface area contributed by atoms with Crippen LogP contribution in [-0.2, 0) is 24.6 Å². The van der Waals surface area contributed by atoms with Gasteiger partial charge < -0.3 is 15.0 Å². The quantitative estimate of drug-likeness (QED) is 0.806. The molecule has 0 saturated heterocycles. The normalized spacial score (nSPS) is 23.6. The number of carbonyl (C=O) groups is 1. The average Bonchev–Trinajstić information content (AvgIpc) is 2.79. The van der Waals surface area contributed by atoms with Crippen molar-refractivity contribution >= 4 is 17.0 Å². The molecule has 0 amide bonds. The van der Waals surface area contributed by atoms with Gasteiger partial charge in [-0.2, -0.15) is 13.2 Å². The topological polar surface area (TPSA) is 67.2 Å². The van der Waals surface area contributed by atoms with Gasteiger partial charge in [0.15, 0.2) is 0 Å². The minimum Gasteiger partial charge on any atom is -0.481 e. The molecule has 9 heteroatoms. The van der Waals surface area contributed by atoms with Crippen molar-refractivity contribution in [2.45, 2.75) is 31.2 Å². The van der Waals surface area contributed by atoms with E-state index < -0.39 is 29.3 Å².